The van der Waals surface area contributed by atoms with Gasteiger partial charge in [0.2, 0.25) is 0 Å². The third kappa shape index (κ3) is 3.01. The van der Waals surface area contributed by atoms with Crippen molar-refractivity contribution in [3.8, 4) is 17.2 Å². The van der Waals surface area contributed by atoms with Gasteiger partial charge in [-0.15, -0.1) is 0 Å². The standard InChI is InChI=1S/C22H21N3O3/c26-22(16-4-7-18(8-5-16)25-12-2-10-23-25)24-11-1-3-19(24)17-6-9-20-21(15-17)28-14-13-27-20/h2,4-10,12,15,19H,1,3,11,13-14H2. The molecule has 0 saturated carbocycles. The molecule has 0 radical (unpaired) electrons. The Morgan fingerprint density at radius 1 is 1.04 bits per heavy atom. The molecule has 2 aromatic carbocycles. The van der Waals surface area contributed by atoms with Crippen LogP contribution < -0.4 is 9.47 Å². The lowest BCUT2D eigenvalue weighted by atomic mass is 10.0. The molecule has 1 saturated heterocycles. The molecule has 1 unspecified atom stereocenters. The molecule has 5 rings (SSSR count). The number of hydrogen-bond acceptors (Lipinski definition) is 4. The molecule has 2 aliphatic heterocycles. The van der Waals surface area contributed by atoms with E-state index in [0.717, 1.165) is 42.1 Å². The normalized spacial score (nSPS) is 18.3. The van der Waals surface area contributed by atoms with Gasteiger partial charge in [-0.2, -0.15) is 5.10 Å². The van der Waals surface area contributed by atoms with E-state index in [-0.39, 0.29) is 11.9 Å². The van der Waals surface area contributed by atoms with Gasteiger partial charge in [-0.25, -0.2) is 4.68 Å². The van der Waals surface area contributed by atoms with Crippen LogP contribution >= 0.6 is 0 Å². The van der Waals surface area contributed by atoms with Crippen LogP contribution in [0.5, 0.6) is 11.5 Å². The predicted octanol–water partition coefficient (Wildman–Crippen LogP) is 3.62. The van der Waals surface area contributed by atoms with Gasteiger partial charge in [0, 0.05) is 24.5 Å². The zero-order valence-electron chi connectivity index (χ0n) is 15.5. The predicted molar refractivity (Wildman–Crippen MR) is 104 cm³/mol. The molecule has 1 atom stereocenters. The number of amides is 1. The highest BCUT2D eigenvalue weighted by Crippen LogP contribution is 2.38. The van der Waals surface area contributed by atoms with Crippen LogP contribution in [0.1, 0.15) is 34.8 Å². The van der Waals surface area contributed by atoms with Crippen LogP contribution in [0, 0.1) is 0 Å². The third-order valence-corrected chi connectivity index (χ3v) is 5.35. The number of aromatic nitrogens is 2. The van der Waals surface area contributed by atoms with Gasteiger partial charge >= 0.3 is 0 Å². The molecule has 0 N–H and O–H groups in total. The topological polar surface area (TPSA) is 56.6 Å². The summed E-state index contributed by atoms with van der Waals surface area (Å²) in [5.74, 6) is 1.61. The van der Waals surface area contributed by atoms with Crippen LogP contribution in [0.25, 0.3) is 5.69 Å². The van der Waals surface area contributed by atoms with E-state index < -0.39 is 0 Å². The third-order valence-electron chi connectivity index (χ3n) is 5.35. The number of fused-ring (bicyclic) bond motifs is 1. The monoisotopic (exact) mass is 375 g/mol. The first-order valence-corrected chi connectivity index (χ1v) is 9.60. The second-order valence-electron chi connectivity index (χ2n) is 7.06. The molecule has 0 spiro atoms. The molecule has 28 heavy (non-hydrogen) atoms. The van der Waals surface area contributed by atoms with Gasteiger partial charge in [-0.1, -0.05) is 6.07 Å². The lowest BCUT2D eigenvalue weighted by molar-refractivity contribution is 0.0735. The maximum Gasteiger partial charge on any atom is 0.254 e. The van der Waals surface area contributed by atoms with Crippen molar-refractivity contribution in [1.29, 1.82) is 0 Å². The number of ether oxygens (including phenoxy) is 2. The summed E-state index contributed by atoms with van der Waals surface area (Å²) in [7, 11) is 0. The highest BCUT2D eigenvalue weighted by Gasteiger charge is 2.31. The molecule has 0 bridgehead atoms. The van der Waals surface area contributed by atoms with E-state index in [2.05, 4.69) is 5.10 Å². The van der Waals surface area contributed by atoms with Crippen molar-refractivity contribution in [2.24, 2.45) is 0 Å². The number of hydrogen-bond donors (Lipinski definition) is 0. The molecule has 0 aliphatic carbocycles. The van der Waals surface area contributed by atoms with E-state index in [9.17, 15) is 4.79 Å². The van der Waals surface area contributed by atoms with Gasteiger partial charge in [-0.05, 0) is 60.9 Å². The van der Waals surface area contributed by atoms with Gasteiger partial charge in [0.05, 0.1) is 11.7 Å². The fourth-order valence-corrected chi connectivity index (χ4v) is 3.97. The quantitative estimate of drug-likeness (QED) is 0.702. The van der Waals surface area contributed by atoms with E-state index >= 15 is 0 Å². The molecular weight excluding hydrogens is 354 g/mol. The SMILES string of the molecule is O=C(c1ccc(-n2cccn2)cc1)N1CCCC1c1ccc2c(c1)OCCO2. The fourth-order valence-electron chi connectivity index (χ4n) is 3.97. The lowest BCUT2D eigenvalue weighted by Gasteiger charge is -2.27. The van der Waals surface area contributed by atoms with E-state index in [0.29, 0.717) is 18.8 Å². The molecule has 1 fully saturated rings. The van der Waals surface area contributed by atoms with Crippen molar-refractivity contribution < 1.29 is 14.3 Å². The molecule has 2 aliphatic rings. The highest BCUT2D eigenvalue weighted by molar-refractivity contribution is 5.94. The minimum atomic E-state index is 0.0596. The van der Waals surface area contributed by atoms with Gasteiger partial charge in [0.15, 0.2) is 11.5 Å². The number of carbonyl (C=O) groups excluding carboxylic acids is 1. The Labute approximate surface area is 163 Å². The number of rotatable bonds is 3. The molecule has 142 valence electrons. The van der Waals surface area contributed by atoms with Gasteiger partial charge in [0.25, 0.3) is 5.91 Å². The van der Waals surface area contributed by atoms with Crippen LogP contribution in [0.3, 0.4) is 0 Å². The highest BCUT2D eigenvalue weighted by atomic mass is 16.6. The second kappa shape index (κ2) is 7.03. The first kappa shape index (κ1) is 16.9. The molecule has 6 nitrogen and oxygen atoms in total. The first-order chi connectivity index (χ1) is 13.8. The first-order valence-electron chi connectivity index (χ1n) is 9.60. The van der Waals surface area contributed by atoms with Crippen molar-refractivity contribution >= 4 is 5.91 Å². The van der Waals surface area contributed by atoms with Crippen LogP contribution in [0.2, 0.25) is 0 Å². The maximum atomic E-state index is 13.2. The summed E-state index contributed by atoms with van der Waals surface area (Å²) >= 11 is 0. The van der Waals surface area contributed by atoms with E-state index in [1.165, 1.54) is 0 Å². The summed E-state index contributed by atoms with van der Waals surface area (Å²) in [6.07, 6.45) is 5.57. The average Bonchev–Trinajstić information content (AvgIpc) is 3.45. The van der Waals surface area contributed by atoms with E-state index in [1.807, 2.05) is 59.6 Å². The van der Waals surface area contributed by atoms with Crippen molar-refractivity contribution in [3.63, 3.8) is 0 Å². The summed E-state index contributed by atoms with van der Waals surface area (Å²) in [6, 6.07) is 15.6. The lowest BCUT2D eigenvalue weighted by Crippen LogP contribution is -2.30. The van der Waals surface area contributed by atoms with E-state index in [1.54, 1.807) is 10.9 Å². The Balaban J connectivity index is 1.38. The number of nitrogens with zero attached hydrogens (tertiary/aromatic N) is 3. The smallest absolute Gasteiger partial charge is 0.254 e. The summed E-state index contributed by atoms with van der Waals surface area (Å²) in [6.45, 7) is 1.90. The van der Waals surface area contributed by atoms with Crippen LogP contribution in [0.15, 0.2) is 60.9 Å². The molecule has 3 heterocycles. The van der Waals surface area contributed by atoms with Crippen LogP contribution in [-0.4, -0.2) is 40.3 Å². The Hall–Kier alpha value is -3.28. The Bertz CT molecular complexity index is 983. The van der Waals surface area contributed by atoms with Crippen molar-refractivity contribution in [1.82, 2.24) is 14.7 Å². The fraction of sp³-hybridized carbons (Fsp3) is 0.273. The van der Waals surface area contributed by atoms with Gasteiger partial charge < -0.3 is 14.4 Å². The van der Waals surface area contributed by atoms with Crippen molar-refractivity contribution in [3.05, 3.63) is 72.1 Å². The molecule has 3 aromatic rings. The van der Waals surface area contributed by atoms with Crippen LogP contribution in [-0.2, 0) is 0 Å². The number of carbonyl (C=O) groups is 1. The molecule has 1 amide bonds. The molecular formula is C22H21N3O3. The van der Waals surface area contributed by atoms with Gasteiger partial charge in [0.1, 0.15) is 13.2 Å². The number of benzene rings is 2. The summed E-state index contributed by atoms with van der Waals surface area (Å²) < 4.78 is 13.1. The molecule has 6 heteroatoms. The largest absolute Gasteiger partial charge is 0.486 e. The van der Waals surface area contributed by atoms with E-state index in [4.69, 9.17) is 9.47 Å². The zero-order valence-corrected chi connectivity index (χ0v) is 15.5. The summed E-state index contributed by atoms with van der Waals surface area (Å²) in [5.41, 5.74) is 2.73. The Morgan fingerprint density at radius 2 is 1.86 bits per heavy atom. The Kier molecular flexibility index (Phi) is 4.24. The minimum Gasteiger partial charge on any atom is -0.486 e. The van der Waals surface area contributed by atoms with Crippen molar-refractivity contribution in [2.45, 2.75) is 18.9 Å². The second-order valence-corrected chi connectivity index (χ2v) is 7.06. The Morgan fingerprint density at radius 3 is 2.64 bits per heavy atom. The summed E-state index contributed by atoms with van der Waals surface area (Å²) in [4.78, 5) is 15.1. The zero-order chi connectivity index (χ0) is 18.9. The minimum absolute atomic E-state index is 0.0596. The average molecular weight is 375 g/mol. The maximum absolute atomic E-state index is 13.2. The van der Waals surface area contributed by atoms with Gasteiger partial charge in [-0.3, -0.25) is 4.79 Å². The van der Waals surface area contributed by atoms with Crippen molar-refractivity contribution in [2.75, 3.05) is 19.8 Å². The summed E-state index contributed by atoms with van der Waals surface area (Å²) in [5, 5.41) is 4.22. The van der Waals surface area contributed by atoms with Crippen LogP contribution in [0.4, 0.5) is 0 Å². The number of likely N-dealkylation sites (tertiary alicyclic amines) is 1. The molecule has 1 aromatic heterocycles.